The Morgan fingerprint density at radius 3 is 2.74 bits per heavy atom. The van der Waals surface area contributed by atoms with Gasteiger partial charge in [-0.3, -0.25) is 4.79 Å². The van der Waals surface area contributed by atoms with Crippen molar-refractivity contribution in [3.8, 4) is 5.75 Å². The molecule has 1 unspecified atom stereocenters. The van der Waals surface area contributed by atoms with Gasteiger partial charge < -0.3 is 14.2 Å². The van der Waals surface area contributed by atoms with Gasteiger partial charge in [0, 0.05) is 37.7 Å². The Morgan fingerprint density at radius 2 is 2.03 bits per heavy atom. The summed E-state index contributed by atoms with van der Waals surface area (Å²) in [7, 11) is -1.61. The molecule has 1 atom stereocenters. The smallest absolute Gasteiger partial charge is 0.254 e. The summed E-state index contributed by atoms with van der Waals surface area (Å²) in [5.41, 5.74) is 1.53. The van der Waals surface area contributed by atoms with Crippen molar-refractivity contribution >= 4 is 15.9 Å². The SMILES string of the molecule is CCS(=O)(=O)N1CCCC(c2nnc3n2CCN(C(=O)c2ccc(OC)cc2C)C3)C1. The molecule has 9 nitrogen and oxygen atoms in total. The van der Waals surface area contributed by atoms with Gasteiger partial charge in [-0.2, -0.15) is 0 Å². The van der Waals surface area contributed by atoms with Crippen LogP contribution in [0.5, 0.6) is 5.75 Å². The zero-order chi connectivity index (χ0) is 22.2. The maximum atomic E-state index is 13.1. The van der Waals surface area contributed by atoms with Gasteiger partial charge in [0.2, 0.25) is 10.0 Å². The number of methoxy groups -OCH3 is 1. The summed E-state index contributed by atoms with van der Waals surface area (Å²) in [5.74, 6) is 2.41. The molecule has 0 N–H and O–H groups in total. The number of nitrogens with zero attached hydrogens (tertiary/aromatic N) is 5. The Labute approximate surface area is 183 Å². The third-order valence-corrected chi connectivity index (χ3v) is 8.09. The summed E-state index contributed by atoms with van der Waals surface area (Å²) in [5, 5.41) is 8.75. The number of hydrogen-bond donors (Lipinski definition) is 0. The van der Waals surface area contributed by atoms with Crippen LogP contribution in [-0.2, 0) is 23.1 Å². The van der Waals surface area contributed by atoms with Crippen molar-refractivity contribution in [3.63, 3.8) is 0 Å². The highest BCUT2D eigenvalue weighted by Crippen LogP contribution is 2.29. The van der Waals surface area contributed by atoms with Crippen LogP contribution in [0, 0.1) is 6.92 Å². The summed E-state index contributed by atoms with van der Waals surface area (Å²) in [6.07, 6.45) is 1.70. The third kappa shape index (κ3) is 4.18. The van der Waals surface area contributed by atoms with Gasteiger partial charge in [0.05, 0.1) is 19.4 Å². The van der Waals surface area contributed by atoms with Gasteiger partial charge in [-0.05, 0) is 50.5 Å². The van der Waals surface area contributed by atoms with Crippen LogP contribution < -0.4 is 4.74 Å². The number of carbonyl (C=O) groups is 1. The van der Waals surface area contributed by atoms with Crippen LogP contribution in [0.1, 0.15) is 53.3 Å². The van der Waals surface area contributed by atoms with Crippen LogP contribution >= 0.6 is 0 Å². The van der Waals surface area contributed by atoms with E-state index in [1.165, 1.54) is 0 Å². The molecule has 0 saturated carbocycles. The van der Waals surface area contributed by atoms with E-state index in [-0.39, 0.29) is 17.6 Å². The van der Waals surface area contributed by atoms with Crippen LogP contribution in [0.4, 0.5) is 0 Å². The molecular weight excluding hydrogens is 418 g/mol. The second-order valence-corrected chi connectivity index (χ2v) is 10.4. The molecule has 3 heterocycles. The van der Waals surface area contributed by atoms with Gasteiger partial charge in [0.1, 0.15) is 11.6 Å². The maximum Gasteiger partial charge on any atom is 0.254 e. The molecule has 1 fully saturated rings. The molecular formula is C21H29N5O4S. The molecule has 2 aromatic rings. The lowest BCUT2D eigenvalue weighted by molar-refractivity contribution is 0.0704. The van der Waals surface area contributed by atoms with E-state index in [1.54, 1.807) is 35.4 Å². The number of benzene rings is 1. The van der Waals surface area contributed by atoms with E-state index in [1.807, 2.05) is 13.0 Å². The number of aromatic nitrogens is 3. The molecule has 2 aliphatic heterocycles. The molecule has 1 saturated heterocycles. The number of aryl methyl sites for hydroxylation is 1. The van der Waals surface area contributed by atoms with Crippen LogP contribution in [0.25, 0.3) is 0 Å². The lowest BCUT2D eigenvalue weighted by Crippen LogP contribution is -2.42. The number of carbonyl (C=O) groups excluding carboxylic acids is 1. The first-order valence-electron chi connectivity index (χ1n) is 10.7. The first-order chi connectivity index (χ1) is 14.8. The molecule has 168 valence electrons. The fourth-order valence-corrected chi connectivity index (χ4v) is 5.60. The van der Waals surface area contributed by atoms with E-state index in [0.717, 1.165) is 35.8 Å². The fraction of sp³-hybridized carbons (Fsp3) is 0.571. The molecule has 1 amide bonds. The quantitative estimate of drug-likeness (QED) is 0.693. The fourth-order valence-electron chi connectivity index (χ4n) is 4.42. The summed E-state index contributed by atoms with van der Waals surface area (Å²) < 4.78 is 33.5. The predicted octanol–water partition coefficient (Wildman–Crippen LogP) is 1.78. The molecule has 4 rings (SSSR count). The largest absolute Gasteiger partial charge is 0.497 e. The van der Waals surface area contributed by atoms with Crippen molar-refractivity contribution in [2.75, 3.05) is 32.5 Å². The molecule has 1 aromatic heterocycles. The first kappa shape index (κ1) is 21.8. The van der Waals surface area contributed by atoms with Crippen LogP contribution in [-0.4, -0.2) is 70.8 Å². The van der Waals surface area contributed by atoms with Crippen molar-refractivity contribution in [3.05, 3.63) is 41.0 Å². The van der Waals surface area contributed by atoms with Crippen molar-refractivity contribution < 1.29 is 17.9 Å². The highest BCUT2D eigenvalue weighted by Gasteiger charge is 2.33. The highest BCUT2D eigenvalue weighted by molar-refractivity contribution is 7.89. The number of piperidine rings is 1. The zero-order valence-electron chi connectivity index (χ0n) is 18.2. The predicted molar refractivity (Wildman–Crippen MR) is 116 cm³/mol. The van der Waals surface area contributed by atoms with Gasteiger partial charge in [-0.15, -0.1) is 10.2 Å². The van der Waals surface area contributed by atoms with Crippen molar-refractivity contribution in [2.24, 2.45) is 0 Å². The summed E-state index contributed by atoms with van der Waals surface area (Å²) >= 11 is 0. The maximum absolute atomic E-state index is 13.1. The monoisotopic (exact) mass is 447 g/mol. The minimum Gasteiger partial charge on any atom is -0.497 e. The van der Waals surface area contributed by atoms with Crippen molar-refractivity contribution in [1.82, 2.24) is 24.0 Å². The van der Waals surface area contributed by atoms with Crippen molar-refractivity contribution in [2.45, 2.75) is 45.7 Å². The minimum atomic E-state index is -3.21. The molecule has 2 aliphatic rings. The Bertz CT molecular complexity index is 1080. The molecule has 0 aliphatic carbocycles. The van der Waals surface area contributed by atoms with Gasteiger partial charge in [0.25, 0.3) is 5.91 Å². The lowest BCUT2D eigenvalue weighted by atomic mass is 9.98. The molecule has 1 aromatic carbocycles. The Kier molecular flexibility index (Phi) is 6.02. The topological polar surface area (TPSA) is 97.6 Å². The van der Waals surface area contributed by atoms with E-state index in [2.05, 4.69) is 14.8 Å². The van der Waals surface area contributed by atoms with Gasteiger partial charge in [-0.25, -0.2) is 12.7 Å². The Morgan fingerprint density at radius 1 is 1.23 bits per heavy atom. The molecule has 31 heavy (non-hydrogen) atoms. The molecule has 0 bridgehead atoms. The number of rotatable bonds is 5. The summed E-state index contributed by atoms with van der Waals surface area (Å²) in [6.45, 7) is 6.15. The van der Waals surface area contributed by atoms with E-state index in [9.17, 15) is 13.2 Å². The summed E-state index contributed by atoms with van der Waals surface area (Å²) in [6, 6.07) is 5.45. The van der Waals surface area contributed by atoms with E-state index >= 15 is 0 Å². The van der Waals surface area contributed by atoms with Crippen LogP contribution in [0.15, 0.2) is 18.2 Å². The second kappa shape index (κ2) is 8.58. The second-order valence-electron chi connectivity index (χ2n) is 8.13. The lowest BCUT2D eigenvalue weighted by Gasteiger charge is -2.33. The van der Waals surface area contributed by atoms with E-state index < -0.39 is 10.0 Å². The highest BCUT2D eigenvalue weighted by atomic mass is 32.2. The number of hydrogen-bond acceptors (Lipinski definition) is 6. The van der Waals surface area contributed by atoms with E-state index in [4.69, 9.17) is 4.74 Å². The van der Waals surface area contributed by atoms with Gasteiger partial charge in [-0.1, -0.05) is 0 Å². The summed E-state index contributed by atoms with van der Waals surface area (Å²) in [4.78, 5) is 14.9. The van der Waals surface area contributed by atoms with Crippen molar-refractivity contribution in [1.29, 1.82) is 0 Å². The first-order valence-corrected chi connectivity index (χ1v) is 12.3. The standard InChI is InChI=1S/C21H29N5O4S/c1-4-31(28,29)25-9-5-6-16(13-25)20-23-22-19-14-24(10-11-26(19)20)21(27)18-8-7-17(30-3)12-15(18)2/h7-8,12,16H,4-6,9-11,13-14H2,1-3H3. The molecule has 10 heteroatoms. The van der Waals surface area contributed by atoms with Crippen LogP contribution in [0.2, 0.25) is 0 Å². The third-order valence-electron chi connectivity index (χ3n) is 6.24. The van der Waals surface area contributed by atoms with Gasteiger partial charge in [0.15, 0.2) is 5.82 Å². The minimum absolute atomic E-state index is 0.0300. The Balaban J connectivity index is 1.50. The van der Waals surface area contributed by atoms with Crippen LogP contribution in [0.3, 0.4) is 0 Å². The zero-order valence-corrected chi connectivity index (χ0v) is 19.1. The average molecular weight is 448 g/mol. The number of fused-ring (bicyclic) bond motifs is 1. The number of sulfonamides is 1. The normalized spacial score (nSPS) is 19.8. The van der Waals surface area contributed by atoms with E-state index in [0.29, 0.717) is 38.3 Å². The van der Waals surface area contributed by atoms with Gasteiger partial charge >= 0.3 is 0 Å². The molecule has 0 spiro atoms. The number of amides is 1. The molecule has 0 radical (unpaired) electrons. The average Bonchev–Trinajstić information content (AvgIpc) is 3.22. The Hall–Kier alpha value is -2.46. The number of ether oxygens (including phenoxy) is 1.